The summed E-state index contributed by atoms with van der Waals surface area (Å²) in [5.41, 5.74) is 3.35. The van der Waals surface area contributed by atoms with Crippen molar-refractivity contribution in [3.05, 3.63) is 66.4 Å². The van der Waals surface area contributed by atoms with Gasteiger partial charge in [-0.2, -0.15) is 0 Å². The zero-order chi connectivity index (χ0) is 19.5. The van der Waals surface area contributed by atoms with Crippen molar-refractivity contribution in [2.24, 2.45) is 0 Å². The van der Waals surface area contributed by atoms with Crippen LogP contribution in [0.3, 0.4) is 0 Å². The molecule has 2 heterocycles. The van der Waals surface area contributed by atoms with Gasteiger partial charge in [-0.05, 0) is 48.5 Å². The molecule has 0 aliphatic heterocycles. The highest BCUT2D eigenvalue weighted by atomic mass is 16.3. The van der Waals surface area contributed by atoms with E-state index in [1.165, 1.54) is 12.1 Å². The predicted octanol–water partition coefficient (Wildman–Crippen LogP) is 3.15. The van der Waals surface area contributed by atoms with Gasteiger partial charge in [0, 0.05) is 22.9 Å². The number of nitrogens with one attached hydrogen (secondary N) is 3. The SMILES string of the molecule is O=CNc1cc2nc(-c3ccc(NC(=O)c4ccc(O)cc4)cc3)[nH]c2cn1. The fourth-order valence-corrected chi connectivity index (χ4v) is 2.71. The van der Waals surface area contributed by atoms with Gasteiger partial charge in [0.1, 0.15) is 17.4 Å². The van der Waals surface area contributed by atoms with Crippen molar-refractivity contribution in [3.63, 3.8) is 0 Å². The van der Waals surface area contributed by atoms with Crippen LogP contribution in [0.2, 0.25) is 0 Å². The number of imidazole rings is 1. The van der Waals surface area contributed by atoms with Gasteiger partial charge in [-0.3, -0.25) is 9.59 Å². The number of aromatic hydroxyl groups is 1. The minimum atomic E-state index is -0.266. The van der Waals surface area contributed by atoms with Gasteiger partial charge in [-0.15, -0.1) is 0 Å². The largest absolute Gasteiger partial charge is 0.508 e. The Balaban J connectivity index is 1.52. The maximum absolute atomic E-state index is 12.2. The molecule has 8 nitrogen and oxygen atoms in total. The summed E-state index contributed by atoms with van der Waals surface area (Å²) in [5, 5.41) is 14.6. The zero-order valence-electron chi connectivity index (χ0n) is 14.5. The number of carbonyl (C=O) groups is 2. The van der Waals surface area contributed by atoms with E-state index in [2.05, 4.69) is 25.6 Å². The van der Waals surface area contributed by atoms with Gasteiger partial charge in [0.2, 0.25) is 6.41 Å². The molecular weight excluding hydrogens is 358 g/mol. The summed E-state index contributed by atoms with van der Waals surface area (Å²) in [6, 6.07) is 14.9. The molecule has 0 spiro atoms. The smallest absolute Gasteiger partial charge is 0.255 e. The number of hydrogen-bond donors (Lipinski definition) is 4. The molecule has 138 valence electrons. The van der Waals surface area contributed by atoms with E-state index in [-0.39, 0.29) is 11.7 Å². The average molecular weight is 373 g/mol. The molecule has 4 rings (SSSR count). The molecule has 0 atom stereocenters. The molecule has 0 fully saturated rings. The molecule has 0 saturated carbocycles. The minimum Gasteiger partial charge on any atom is -0.508 e. The Morgan fingerprint density at radius 1 is 1.07 bits per heavy atom. The highest BCUT2D eigenvalue weighted by Crippen LogP contribution is 2.23. The monoisotopic (exact) mass is 373 g/mol. The summed E-state index contributed by atoms with van der Waals surface area (Å²) in [6.45, 7) is 0. The third-order valence-electron chi connectivity index (χ3n) is 4.12. The van der Waals surface area contributed by atoms with Crippen LogP contribution in [0.15, 0.2) is 60.8 Å². The summed E-state index contributed by atoms with van der Waals surface area (Å²) in [6.07, 6.45) is 2.16. The molecule has 0 aliphatic carbocycles. The second kappa shape index (κ2) is 7.20. The summed E-state index contributed by atoms with van der Waals surface area (Å²) >= 11 is 0. The van der Waals surface area contributed by atoms with Crippen LogP contribution in [-0.2, 0) is 4.79 Å². The number of benzene rings is 2. The van der Waals surface area contributed by atoms with E-state index in [9.17, 15) is 14.7 Å². The van der Waals surface area contributed by atoms with E-state index in [4.69, 9.17) is 0 Å². The number of amides is 2. The van der Waals surface area contributed by atoms with E-state index in [1.54, 1.807) is 36.5 Å². The number of phenols is 1. The number of aromatic nitrogens is 3. The molecule has 8 heteroatoms. The molecule has 4 aromatic rings. The Hall–Kier alpha value is -4.20. The Morgan fingerprint density at radius 2 is 1.82 bits per heavy atom. The van der Waals surface area contributed by atoms with Crippen LogP contribution in [0.25, 0.3) is 22.4 Å². The Morgan fingerprint density at radius 3 is 2.54 bits per heavy atom. The average Bonchev–Trinajstić information content (AvgIpc) is 3.13. The van der Waals surface area contributed by atoms with Crippen LogP contribution in [-0.4, -0.2) is 32.4 Å². The van der Waals surface area contributed by atoms with Gasteiger partial charge in [-0.25, -0.2) is 9.97 Å². The van der Waals surface area contributed by atoms with Gasteiger partial charge in [0.25, 0.3) is 5.91 Å². The number of nitrogens with zero attached hydrogens (tertiary/aromatic N) is 2. The Bertz CT molecular complexity index is 1150. The molecule has 28 heavy (non-hydrogen) atoms. The van der Waals surface area contributed by atoms with Crippen LogP contribution in [0.5, 0.6) is 5.75 Å². The zero-order valence-corrected chi connectivity index (χ0v) is 14.5. The third kappa shape index (κ3) is 3.51. The summed E-state index contributed by atoms with van der Waals surface area (Å²) < 4.78 is 0. The topological polar surface area (TPSA) is 120 Å². The fourth-order valence-electron chi connectivity index (χ4n) is 2.71. The number of rotatable bonds is 5. The number of phenolic OH excluding ortho intramolecular Hbond substituents is 1. The van der Waals surface area contributed by atoms with Crippen LogP contribution in [0, 0.1) is 0 Å². The van der Waals surface area contributed by atoms with Crippen molar-refractivity contribution in [1.82, 2.24) is 15.0 Å². The lowest BCUT2D eigenvalue weighted by atomic mass is 10.1. The maximum atomic E-state index is 12.2. The number of aromatic amines is 1. The Kier molecular flexibility index (Phi) is 4.43. The summed E-state index contributed by atoms with van der Waals surface area (Å²) in [7, 11) is 0. The Labute approximate surface area is 159 Å². The summed E-state index contributed by atoms with van der Waals surface area (Å²) in [4.78, 5) is 34.6. The van der Waals surface area contributed by atoms with E-state index < -0.39 is 0 Å². The van der Waals surface area contributed by atoms with E-state index >= 15 is 0 Å². The van der Waals surface area contributed by atoms with Gasteiger partial charge in [0.05, 0.1) is 17.2 Å². The maximum Gasteiger partial charge on any atom is 0.255 e. The molecule has 0 bridgehead atoms. The minimum absolute atomic E-state index is 0.107. The highest BCUT2D eigenvalue weighted by Gasteiger charge is 2.09. The lowest BCUT2D eigenvalue weighted by molar-refractivity contribution is -0.105. The molecule has 4 N–H and O–H groups in total. The van der Waals surface area contributed by atoms with Gasteiger partial charge in [0.15, 0.2) is 0 Å². The van der Waals surface area contributed by atoms with E-state index in [0.717, 1.165) is 11.1 Å². The number of hydrogen-bond acceptors (Lipinski definition) is 5. The first-order valence-electron chi connectivity index (χ1n) is 8.39. The van der Waals surface area contributed by atoms with E-state index in [0.29, 0.717) is 34.8 Å². The number of fused-ring (bicyclic) bond motifs is 1. The molecule has 2 aromatic carbocycles. The molecule has 2 amide bonds. The molecule has 0 aliphatic rings. The first kappa shape index (κ1) is 17.2. The van der Waals surface area contributed by atoms with Gasteiger partial charge < -0.3 is 20.7 Å². The van der Waals surface area contributed by atoms with Crippen molar-refractivity contribution in [2.75, 3.05) is 10.6 Å². The molecule has 0 saturated heterocycles. The second-order valence-corrected chi connectivity index (χ2v) is 6.01. The molecular formula is C20H15N5O3. The fraction of sp³-hybridized carbons (Fsp3) is 0. The van der Waals surface area contributed by atoms with Crippen molar-refractivity contribution < 1.29 is 14.7 Å². The third-order valence-corrected chi connectivity index (χ3v) is 4.12. The normalized spacial score (nSPS) is 10.6. The van der Waals surface area contributed by atoms with Crippen LogP contribution in [0.4, 0.5) is 11.5 Å². The van der Waals surface area contributed by atoms with Gasteiger partial charge in [-0.1, -0.05) is 0 Å². The van der Waals surface area contributed by atoms with Crippen molar-refractivity contribution in [3.8, 4) is 17.1 Å². The lowest BCUT2D eigenvalue weighted by Gasteiger charge is -2.06. The van der Waals surface area contributed by atoms with Crippen LogP contribution in [0.1, 0.15) is 10.4 Å². The van der Waals surface area contributed by atoms with Crippen molar-refractivity contribution in [2.45, 2.75) is 0 Å². The van der Waals surface area contributed by atoms with Gasteiger partial charge >= 0.3 is 0 Å². The first-order valence-corrected chi connectivity index (χ1v) is 8.39. The number of anilines is 2. The van der Waals surface area contributed by atoms with Crippen molar-refractivity contribution >= 4 is 34.9 Å². The molecule has 0 unspecified atom stereocenters. The lowest BCUT2D eigenvalue weighted by Crippen LogP contribution is -2.11. The summed E-state index contributed by atoms with van der Waals surface area (Å²) in [5.74, 6) is 0.915. The second-order valence-electron chi connectivity index (χ2n) is 6.01. The molecule has 2 aromatic heterocycles. The predicted molar refractivity (Wildman–Crippen MR) is 105 cm³/mol. The quantitative estimate of drug-likeness (QED) is 0.401. The number of carbonyl (C=O) groups excluding carboxylic acids is 2. The standard InChI is InChI=1S/C20H15N5O3/c26-11-22-18-9-16-17(10-21-18)25-19(24-16)12-1-5-14(6-2-12)23-20(28)13-3-7-15(27)8-4-13/h1-11,27H,(H,23,28)(H,24,25)(H,21,22,26). The number of H-pyrrole nitrogens is 1. The van der Waals surface area contributed by atoms with Crippen LogP contribution >= 0.6 is 0 Å². The number of pyridine rings is 1. The first-order chi connectivity index (χ1) is 13.6. The van der Waals surface area contributed by atoms with Crippen LogP contribution < -0.4 is 10.6 Å². The highest BCUT2D eigenvalue weighted by molar-refractivity contribution is 6.04. The van der Waals surface area contributed by atoms with Crippen molar-refractivity contribution in [1.29, 1.82) is 0 Å². The molecule has 0 radical (unpaired) electrons. The van der Waals surface area contributed by atoms with E-state index in [1.807, 2.05) is 12.1 Å².